The van der Waals surface area contributed by atoms with Gasteiger partial charge in [-0.15, -0.1) is 0 Å². The molecule has 6 nitrogen and oxygen atoms in total. The monoisotopic (exact) mass is 317 g/mol. The molecule has 22 heavy (non-hydrogen) atoms. The van der Waals surface area contributed by atoms with E-state index in [2.05, 4.69) is 15.2 Å². The number of likely N-dealkylation sites (tertiary alicyclic amines) is 1. The first-order valence-electron chi connectivity index (χ1n) is 7.39. The second kappa shape index (κ2) is 6.00. The van der Waals surface area contributed by atoms with Crippen LogP contribution in [0.15, 0.2) is 18.3 Å². The number of aryl methyl sites for hydroxylation is 1. The third kappa shape index (κ3) is 2.81. The van der Waals surface area contributed by atoms with Crippen molar-refractivity contribution in [1.29, 1.82) is 0 Å². The van der Waals surface area contributed by atoms with E-state index in [4.69, 9.17) is 12.2 Å². The molecule has 7 heteroatoms. The van der Waals surface area contributed by atoms with Gasteiger partial charge in [0, 0.05) is 37.9 Å². The van der Waals surface area contributed by atoms with Gasteiger partial charge >= 0.3 is 0 Å². The Morgan fingerprint density at radius 2 is 2.27 bits per heavy atom. The minimum Gasteiger partial charge on any atom is -0.338 e. The van der Waals surface area contributed by atoms with Gasteiger partial charge in [-0.1, -0.05) is 0 Å². The lowest BCUT2D eigenvalue weighted by molar-refractivity contribution is 0.0703. The SMILES string of the molecule is Cc1ccc(C(=O)N2CCC[C@@H](c3n[nH]c(=S)n3C)C2)cn1. The fraction of sp³-hybridized carbons (Fsp3) is 0.467. The zero-order valence-corrected chi connectivity index (χ0v) is 13.6. The lowest BCUT2D eigenvalue weighted by atomic mass is 9.96. The van der Waals surface area contributed by atoms with Crippen molar-refractivity contribution in [1.82, 2.24) is 24.6 Å². The number of rotatable bonds is 2. The van der Waals surface area contributed by atoms with Crippen LogP contribution in [0.2, 0.25) is 0 Å². The Bertz CT molecular complexity index is 733. The van der Waals surface area contributed by atoms with Crippen molar-refractivity contribution in [3.8, 4) is 0 Å². The van der Waals surface area contributed by atoms with E-state index in [0.29, 0.717) is 16.9 Å². The summed E-state index contributed by atoms with van der Waals surface area (Å²) in [6, 6.07) is 3.70. The number of pyridine rings is 1. The topological polar surface area (TPSA) is 66.8 Å². The van der Waals surface area contributed by atoms with Gasteiger partial charge < -0.3 is 9.47 Å². The molecule has 1 N–H and O–H groups in total. The molecule has 0 aromatic carbocycles. The number of aromatic nitrogens is 4. The first-order valence-corrected chi connectivity index (χ1v) is 7.80. The third-order valence-corrected chi connectivity index (χ3v) is 4.51. The van der Waals surface area contributed by atoms with E-state index < -0.39 is 0 Å². The molecule has 2 aromatic rings. The van der Waals surface area contributed by atoms with Crippen LogP contribution >= 0.6 is 12.2 Å². The van der Waals surface area contributed by atoms with Crippen LogP contribution in [0.3, 0.4) is 0 Å². The molecule has 2 aromatic heterocycles. The number of carbonyl (C=O) groups excluding carboxylic acids is 1. The lowest BCUT2D eigenvalue weighted by Crippen LogP contribution is -2.39. The summed E-state index contributed by atoms with van der Waals surface area (Å²) in [5.74, 6) is 1.17. The van der Waals surface area contributed by atoms with E-state index in [-0.39, 0.29) is 11.8 Å². The Kier molecular flexibility index (Phi) is 4.06. The number of amides is 1. The van der Waals surface area contributed by atoms with Crippen molar-refractivity contribution in [2.24, 2.45) is 7.05 Å². The van der Waals surface area contributed by atoms with Crippen LogP contribution in [-0.4, -0.2) is 43.6 Å². The van der Waals surface area contributed by atoms with Gasteiger partial charge in [-0.25, -0.2) is 0 Å². The van der Waals surface area contributed by atoms with Crippen LogP contribution in [0.5, 0.6) is 0 Å². The molecule has 1 fully saturated rings. The molecule has 0 unspecified atom stereocenters. The van der Waals surface area contributed by atoms with Crippen LogP contribution in [0.4, 0.5) is 0 Å². The summed E-state index contributed by atoms with van der Waals surface area (Å²) < 4.78 is 2.50. The highest BCUT2D eigenvalue weighted by Gasteiger charge is 2.28. The molecular formula is C15H19N5OS. The average Bonchev–Trinajstić information content (AvgIpc) is 2.87. The van der Waals surface area contributed by atoms with Crippen molar-refractivity contribution in [2.75, 3.05) is 13.1 Å². The van der Waals surface area contributed by atoms with E-state index in [9.17, 15) is 4.79 Å². The minimum atomic E-state index is 0.0361. The number of nitrogens with zero attached hydrogens (tertiary/aromatic N) is 4. The standard InChI is InChI=1S/C15H19N5OS/c1-10-5-6-11(8-16-10)14(21)20-7-3-4-12(9-20)13-17-18-15(22)19(13)2/h5-6,8,12H,3-4,7,9H2,1-2H3,(H,18,22)/t12-/m1/s1. The molecule has 0 radical (unpaired) electrons. The molecule has 1 aliphatic heterocycles. The highest BCUT2D eigenvalue weighted by Crippen LogP contribution is 2.26. The van der Waals surface area contributed by atoms with E-state index >= 15 is 0 Å². The average molecular weight is 317 g/mol. The fourth-order valence-electron chi connectivity index (χ4n) is 2.87. The van der Waals surface area contributed by atoms with E-state index in [1.807, 2.05) is 35.6 Å². The predicted octanol–water partition coefficient (Wildman–Crippen LogP) is 2.20. The summed E-state index contributed by atoms with van der Waals surface area (Å²) >= 11 is 5.17. The van der Waals surface area contributed by atoms with Crippen molar-refractivity contribution in [3.05, 3.63) is 40.2 Å². The highest BCUT2D eigenvalue weighted by molar-refractivity contribution is 7.71. The van der Waals surface area contributed by atoms with Crippen LogP contribution in [-0.2, 0) is 7.05 Å². The molecule has 1 aliphatic rings. The molecule has 1 saturated heterocycles. The second-order valence-electron chi connectivity index (χ2n) is 5.72. The summed E-state index contributed by atoms with van der Waals surface area (Å²) in [7, 11) is 1.91. The molecule has 116 valence electrons. The quantitative estimate of drug-likeness (QED) is 0.862. The molecule has 0 aliphatic carbocycles. The molecule has 1 amide bonds. The van der Waals surface area contributed by atoms with E-state index in [1.165, 1.54) is 0 Å². The predicted molar refractivity (Wildman–Crippen MR) is 85.2 cm³/mol. The van der Waals surface area contributed by atoms with Crippen molar-refractivity contribution >= 4 is 18.1 Å². The van der Waals surface area contributed by atoms with Gasteiger partial charge in [-0.3, -0.25) is 14.9 Å². The van der Waals surface area contributed by atoms with Gasteiger partial charge in [-0.05, 0) is 44.1 Å². The molecule has 1 atom stereocenters. The van der Waals surface area contributed by atoms with Gasteiger partial charge in [0.2, 0.25) is 0 Å². The summed E-state index contributed by atoms with van der Waals surface area (Å²) in [5, 5.41) is 7.13. The summed E-state index contributed by atoms with van der Waals surface area (Å²) in [6.45, 7) is 3.35. The first kappa shape index (κ1) is 14.9. The lowest BCUT2D eigenvalue weighted by Gasteiger charge is -2.32. The number of carbonyl (C=O) groups is 1. The van der Waals surface area contributed by atoms with Gasteiger partial charge in [-0.2, -0.15) is 5.10 Å². The molecule has 3 heterocycles. The molecule has 0 spiro atoms. The Balaban J connectivity index is 1.78. The molecule has 0 bridgehead atoms. The second-order valence-corrected chi connectivity index (χ2v) is 6.11. The highest BCUT2D eigenvalue weighted by atomic mass is 32.1. The van der Waals surface area contributed by atoms with Gasteiger partial charge in [0.1, 0.15) is 5.82 Å². The fourth-order valence-corrected chi connectivity index (χ4v) is 3.01. The van der Waals surface area contributed by atoms with Crippen LogP contribution in [0, 0.1) is 11.7 Å². The summed E-state index contributed by atoms with van der Waals surface area (Å²) in [5.41, 5.74) is 1.55. The Labute approximate surface area is 134 Å². The molecular weight excluding hydrogens is 298 g/mol. The number of piperidine rings is 1. The molecule has 0 saturated carbocycles. The van der Waals surface area contributed by atoms with E-state index in [0.717, 1.165) is 30.9 Å². The number of H-pyrrole nitrogens is 1. The Morgan fingerprint density at radius 3 is 2.91 bits per heavy atom. The van der Waals surface area contributed by atoms with Crippen molar-refractivity contribution < 1.29 is 4.79 Å². The normalized spacial score (nSPS) is 18.5. The maximum absolute atomic E-state index is 12.6. The van der Waals surface area contributed by atoms with Gasteiger partial charge in [0.25, 0.3) is 5.91 Å². The smallest absolute Gasteiger partial charge is 0.255 e. The van der Waals surface area contributed by atoms with Gasteiger partial charge in [0.05, 0.1) is 5.56 Å². The first-order chi connectivity index (χ1) is 10.6. The van der Waals surface area contributed by atoms with Gasteiger partial charge in [0.15, 0.2) is 4.77 Å². The van der Waals surface area contributed by atoms with Crippen molar-refractivity contribution in [3.63, 3.8) is 0 Å². The zero-order chi connectivity index (χ0) is 15.7. The maximum Gasteiger partial charge on any atom is 0.255 e. The summed E-state index contributed by atoms with van der Waals surface area (Å²) in [6.07, 6.45) is 3.63. The Hall–Kier alpha value is -2.02. The van der Waals surface area contributed by atoms with Crippen LogP contribution in [0.1, 0.15) is 40.6 Å². The van der Waals surface area contributed by atoms with E-state index in [1.54, 1.807) is 6.20 Å². The molecule has 3 rings (SSSR count). The zero-order valence-electron chi connectivity index (χ0n) is 12.7. The largest absolute Gasteiger partial charge is 0.338 e. The summed E-state index contributed by atoms with van der Waals surface area (Å²) in [4.78, 5) is 18.7. The minimum absolute atomic E-state index is 0.0361. The third-order valence-electron chi connectivity index (χ3n) is 4.15. The number of nitrogens with one attached hydrogen (secondary N) is 1. The van der Waals surface area contributed by atoms with Crippen LogP contribution in [0.25, 0.3) is 0 Å². The van der Waals surface area contributed by atoms with Crippen LogP contribution < -0.4 is 0 Å². The number of hydrogen-bond donors (Lipinski definition) is 1. The number of aromatic amines is 1. The maximum atomic E-state index is 12.6. The van der Waals surface area contributed by atoms with Crippen molar-refractivity contribution in [2.45, 2.75) is 25.7 Å². The number of hydrogen-bond acceptors (Lipinski definition) is 4. The Morgan fingerprint density at radius 1 is 1.45 bits per heavy atom.